The summed E-state index contributed by atoms with van der Waals surface area (Å²) in [6, 6.07) is 8.79. The van der Waals surface area contributed by atoms with Crippen molar-refractivity contribution in [1.29, 1.82) is 0 Å². The van der Waals surface area contributed by atoms with Gasteiger partial charge in [0.1, 0.15) is 24.1 Å². The Morgan fingerprint density at radius 2 is 2.00 bits per heavy atom. The summed E-state index contributed by atoms with van der Waals surface area (Å²) >= 11 is 12.3. The third-order valence-electron chi connectivity index (χ3n) is 6.02. The first-order chi connectivity index (χ1) is 14.0. The van der Waals surface area contributed by atoms with Crippen LogP contribution in [0.1, 0.15) is 38.2 Å². The molecule has 2 aromatic carbocycles. The summed E-state index contributed by atoms with van der Waals surface area (Å²) in [4.78, 5) is 14.6. The highest BCUT2D eigenvalue weighted by Gasteiger charge is 2.27. The van der Waals surface area contributed by atoms with Gasteiger partial charge in [-0.1, -0.05) is 36.2 Å². The van der Waals surface area contributed by atoms with E-state index >= 15 is 0 Å². The summed E-state index contributed by atoms with van der Waals surface area (Å²) in [6.07, 6.45) is 6.17. The molecule has 4 nitrogen and oxygen atoms in total. The van der Waals surface area contributed by atoms with E-state index in [0.29, 0.717) is 50.3 Å². The van der Waals surface area contributed by atoms with Crippen molar-refractivity contribution in [2.45, 2.75) is 45.2 Å². The Morgan fingerprint density at radius 1 is 1.17 bits per heavy atom. The van der Waals surface area contributed by atoms with Gasteiger partial charge in [0, 0.05) is 10.6 Å². The number of nitrogens with one attached hydrogen (secondary N) is 1. The fourth-order valence-corrected chi connectivity index (χ4v) is 4.93. The Bertz CT molecular complexity index is 1110. The van der Waals surface area contributed by atoms with Crippen LogP contribution in [0, 0.1) is 0 Å². The van der Waals surface area contributed by atoms with Crippen LogP contribution in [0.15, 0.2) is 45.8 Å². The van der Waals surface area contributed by atoms with Gasteiger partial charge in [-0.3, -0.25) is 4.79 Å². The van der Waals surface area contributed by atoms with Crippen LogP contribution in [0.25, 0.3) is 22.1 Å². The van der Waals surface area contributed by atoms with Crippen LogP contribution in [0.3, 0.4) is 0 Å². The number of hydrogen-bond donors (Lipinski definition) is 2. The molecule has 1 saturated heterocycles. The molecule has 1 unspecified atom stereocenters. The van der Waals surface area contributed by atoms with E-state index in [2.05, 4.69) is 6.92 Å². The number of rotatable bonds is 4. The lowest BCUT2D eigenvalue weighted by Gasteiger charge is -2.32. The van der Waals surface area contributed by atoms with Gasteiger partial charge in [0.25, 0.3) is 0 Å². The predicted octanol–water partition coefficient (Wildman–Crippen LogP) is 4.82. The molecule has 1 aromatic heterocycles. The molecule has 0 saturated carbocycles. The number of likely N-dealkylation sites (tertiary alicyclic amines) is 1. The second kappa shape index (κ2) is 8.39. The Labute approximate surface area is 179 Å². The Kier molecular flexibility index (Phi) is 5.86. The highest BCUT2D eigenvalue weighted by Crippen LogP contribution is 2.31. The van der Waals surface area contributed by atoms with Crippen molar-refractivity contribution in [3.05, 3.63) is 62.4 Å². The van der Waals surface area contributed by atoms with Crippen LogP contribution in [0.5, 0.6) is 5.75 Å². The molecule has 0 radical (unpaired) electrons. The predicted molar refractivity (Wildman–Crippen MR) is 117 cm³/mol. The molecule has 152 valence electrons. The summed E-state index contributed by atoms with van der Waals surface area (Å²) in [5.41, 5.74) is 1.94. The maximum atomic E-state index is 13.2. The summed E-state index contributed by atoms with van der Waals surface area (Å²) in [5.74, 6) is 0.172. The molecule has 1 fully saturated rings. The number of benzene rings is 2. The number of aromatic hydroxyl groups is 1. The maximum absolute atomic E-state index is 13.2. The van der Waals surface area contributed by atoms with E-state index in [4.69, 9.17) is 27.6 Å². The van der Waals surface area contributed by atoms with Gasteiger partial charge in [-0.05, 0) is 49.9 Å². The van der Waals surface area contributed by atoms with Gasteiger partial charge in [0.15, 0.2) is 0 Å². The minimum absolute atomic E-state index is 0.169. The number of halogens is 2. The van der Waals surface area contributed by atoms with Crippen LogP contribution < -0.4 is 10.3 Å². The molecule has 3 aromatic rings. The number of piperidine rings is 1. The summed E-state index contributed by atoms with van der Waals surface area (Å²) < 4.78 is 5.92. The molecule has 29 heavy (non-hydrogen) atoms. The number of hydrogen-bond acceptors (Lipinski definition) is 3. The zero-order chi connectivity index (χ0) is 20.5. The molecule has 2 atom stereocenters. The molecule has 0 spiro atoms. The van der Waals surface area contributed by atoms with Gasteiger partial charge in [0.2, 0.25) is 5.43 Å². The van der Waals surface area contributed by atoms with E-state index in [-0.39, 0.29) is 11.2 Å². The van der Waals surface area contributed by atoms with E-state index in [9.17, 15) is 9.90 Å². The zero-order valence-electron chi connectivity index (χ0n) is 16.3. The molecule has 4 rings (SSSR count). The van der Waals surface area contributed by atoms with Crippen LogP contribution in [-0.2, 0) is 6.54 Å². The van der Waals surface area contributed by atoms with Gasteiger partial charge in [-0.25, -0.2) is 0 Å². The minimum atomic E-state index is -0.169. The Hall–Kier alpha value is -2.01. The first-order valence-corrected chi connectivity index (χ1v) is 10.8. The van der Waals surface area contributed by atoms with Crippen molar-refractivity contribution in [3.63, 3.8) is 0 Å². The number of phenolic OH excluding ortho intramolecular Hbond substituents is 1. The van der Waals surface area contributed by atoms with Crippen LogP contribution in [0.4, 0.5) is 0 Å². The third-order valence-corrected chi connectivity index (χ3v) is 6.56. The lowest BCUT2D eigenvalue weighted by atomic mass is 9.98. The molecule has 6 heteroatoms. The summed E-state index contributed by atoms with van der Waals surface area (Å²) in [6.45, 7) is 3.92. The average Bonchev–Trinajstić information content (AvgIpc) is 2.71. The standard InChI is InChI=1S/C23H23Cl2NO3/c1-2-15-5-3-4-10-26(15)12-18-21(27)9-8-17-22(28)19(13-29-23(17)18)16-7-6-14(24)11-20(16)25/h6-9,11,13,15,27H,2-5,10,12H2,1H3/p+1/t15-/m1/s1. The van der Waals surface area contributed by atoms with Crippen molar-refractivity contribution < 1.29 is 14.4 Å². The van der Waals surface area contributed by atoms with Gasteiger partial charge in [-0.2, -0.15) is 0 Å². The van der Waals surface area contributed by atoms with Crippen LogP contribution in [-0.4, -0.2) is 17.7 Å². The third kappa shape index (κ3) is 3.89. The number of phenols is 1. The Balaban J connectivity index is 1.80. The average molecular weight is 433 g/mol. The maximum Gasteiger partial charge on any atom is 0.200 e. The van der Waals surface area contributed by atoms with Gasteiger partial charge in [0.05, 0.1) is 34.1 Å². The second-order valence-corrected chi connectivity index (χ2v) is 8.57. The van der Waals surface area contributed by atoms with Crippen molar-refractivity contribution in [2.24, 2.45) is 0 Å². The largest absolute Gasteiger partial charge is 0.507 e. The lowest BCUT2D eigenvalue weighted by Crippen LogP contribution is -3.15. The van der Waals surface area contributed by atoms with Crippen molar-refractivity contribution in [1.82, 2.24) is 0 Å². The van der Waals surface area contributed by atoms with Crippen molar-refractivity contribution in [3.8, 4) is 16.9 Å². The van der Waals surface area contributed by atoms with Crippen molar-refractivity contribution in [2.75, 3.05) is 6.54 Å². The van der Waals surface area contributed by atoms with Gasteiger partial charge < -0.3 is 14.4 Å². The second-order valence-electron chi connectivity index (χ2n) is 7.73. The molecule has 2 heterocycles. The SMILES string of the molecule is CC[C@@H]1CCCC[NH+]1Cc1c(O)ccc2c(=O)c(-c3ccc(Cl)cc3Cl)coc12. The quantitative estimate of drug-likeness (QED) is 0.621. The fraction of sp³-hybridized carbons (Fsp3) is 0.348. The number of fused-ring (bicyclic) bond motifs is 1. The first-order valence-electron chi connectivity index (χ1n) is 10.1. The number of quaternary nitrogens is 1. The molecule has 0 aliphatic carbocycles. The zero-order valence-corrected chi connectivity index (χ0v) is 17.8. The smallest absolute Gasteiger partial charge is 0.200 e. The first kappa shape index (κ1) is 20.3. The van der Waals surface area contributed by atoms with E-state index in [1.807, 2.05) is 0 Å². The van der Waals surface area contributed by atoms with E-state index in [1.54, 1.807) is 30.3 Å². The molecular formula is C23H24Cl2NO3+. The van der Waals surface area contributed by atoms with Crippen LogP contribution in [0.2, 0.25) is 10.0 Å². The van der Waals surface area contributed by atoms with E-state index in [0.717, 1.165) is 13.0 Å². The topological polar surface area (TPSA) is 54.9 Å². The molecule has 1 aliphatic heterocycles. The van der Waals surface area contributed by atoms with E-state index in [1.165, 1.54) is 30.4 Å². The molecule has 0 amide bonds. The Morgan fingerprint density at radius 3 is 2.76 bits per heavy atom. The summed E-state index contributed by atoms with van der Waals surface area (Å²) in [5, 5.41) is 11.9. The van der Waals surface area contributed by atoms with E-state index < -0.39 is 0 Å². The van der Waals surface area contributed by atoms with Crippen LogP contribution >= 0.6 is 23.2 Å². The minimum Gasteiger partial charge on any atom is -0.507 e. The van der Waals surface area contributed by atoms with Gasteiger partial charge >= 0.3 is 0 Å². The lowest BCUT2D eigenvalue weighted by molar-refractivity contribution is -0.944. The highest BCUT2D eigenvalue weighted by molar-refractivity contribution is 6.36. The molecule has 2 N–H and O–H groups in total. The molecule has 0 bridgehead atoms. The molecule has 1 aliphatic rings. The van der Waals surface area contributed by atoms with Crippen molar-refractivity contribution >= 4 is 34.2 Å². The summed E-state index contributed by atoms with van der Waals surface area (Å²) in [7, 11) is 0. The monoisotopic (exact) mass is 432 g/mol. The normalized spacial score (nSPS) is 19.6. The molecular weight excluding hydrogens is 409 g/mol. The fourth-order valence-electron chi connectivity index (χ4n) is 4.42. The highest BCUT2D eigenvalue weighted by atomic mass is 35.5. The van der Waals surface area contributed by atoms with Gasteiger partial charge in [-0.15, -0.1) is 0 Å².